The van der Waals surface area contributed by atoms with Crippen LogP contribution in [0.3, 0.4) is 0 Å². The molecule has 0 radical (unpaired) electrons. The smallest absolute Gasteiger partial charge is 0.257 e. The Bertz CT molecular complexity index is 455. The van der Waals surface area contributed by atoms with Crippen LogP contribution in [0.5, 0.6) is 0 Å². The van der Waals surface area contributed by atoms with Crippen LogP contribution in [0, 0.1) is 0 Å². The van der Waals surface area contributed by atoms with Crippen LogP contribution in [0.15, 0.2) is 16.7 Å². The number of pyridine rings is 1. The van der Waals surface area contributed by atoms with Crippen LogP contribution in [0.4, 0.5) is 5.82 Å². The second-order valence-corrected chi connectivity index (χ2v) is 5.76. The van der Waals surface area contributed by atoms with E-state index in [9.17, 15) is 4.79 Å². The fraction of sp³-hybridized carbons (Fsp3) is 0.600. The van der Waals surface area contributed by atoms with E-state index in [2.05, 4.69) is 40.1 Å². The Balaban J connectivity index is 2.98. The minimum absolute atomic E-state index is 0.0331. The number of carbonyl (C=O) groups excluding carboxylic acids is 1. The third-order valence-electron chi connectivity index (χ3n) is 3.07. The van der Waals surface area contributed by atoms with Crippen molar-refractivity contribution >= 4 is 27.7 Å². The Hall–Kier alpha value is -1.14. The summed E-state index contributed by atoms with van der Waals surface area (Å²) in [5.74, 6) is 0.509. The van der Waals surface area contributed by atoms with Gasteiger partial charge in [0.05, 0.1) is 12.2 Å². The zero-order chi connectivity index (χ0) is 15.7. The Morgan fingerprint density at radius 3 is 2.76 bits per heavy atom. The molecule has 0 bridgehead atoms. The third kappa shape index (κ3) is 5.63. The van der Waals surface area contributed by atoms with E-state index < -0.39 is 0 Å². The lowest BCUT2D eigenvalue weighted by Crippen LogP contribution is -2.35. The highest BCUT2D eigenvalue weighted by Gasteiger charge is 2.19. The number of amides is 1. The van der Waals surface area contributed by atoms with Crippen molar-refractivity contribution < 1.29 is 9.90 Å². The summed E-state index contributed by atoms with van der Waals surface area (Å²) in [4.78, 5) is 18.7. The number of aromatic nitrogens is 1. The summed E-state index contributed by atoms with van der Waals surface area (Å²) in [6, 6.07) is 1.78. The lowest BCUT2D eigenvalue weighted by atomic mass is 10.2. The maximum absolute atomic E-state index is 12.7. The average molecular weight is 358 g/mol. The van der Waals surface area contributed by atoms with Crippen LogP contribution in [-0.4, -0.2) is 47.1 Å². The van der Waals surface area contributed by atoms with Gasteiger partial charge in [-0.15, -0.1) is 0 Å². The Labute approximate surface area is 134 Å². The number of unbranched alkanes of at least 4 members (excludes halogenated alkanes) is 1. The van der Waals surface area contributed by atoms with E-state index >= 15 is 0 Å². The zero-order valence-corrected chi connectivity index (χ0v) is 14.3. The fourth-order valence-electron chi connectivity index (χ4n) is 1.94. The van der Waals surface area contributed by atoms with Crippen molar-refractivity contribution in [3.63, 3.8) is 0 Å². The molecular formula is C15H24BrN3O2. The number of hydrogen-bond donors (Lipinski definition) is 2. The molecule has 0 fully saturated rings. The van der Waals surface area contributed by atoms with Gasteiger partial charge in [-0.2, -0.15) is 0 Å². The molecular weight excluding hydrogens is 334 g/mol. The Kier molecular flexibility index (Phi) is 8.30. The van der Waals surface area contributed by atoms with Crippen molar-refractivity contribution in [3.8, 4) is 0 Å². The number of halogens is 1. The molecule has 1 amide bonds. The highest BCUT2D eigenvalue weighted by atomic mass is 79.9. The lowest BCUT2D eigenvalue weighted by molar-refractivity contribution is 0.0720. The summed E-state index contributed by atoms with van der Waals surface area (Å²) in [7, 11) is 0. The number of aliphatic hydroxyl groups is 1. The minimum Gasteiger partial charge on any atom is -0.395 e. The SMILES string of the molecule is CCCCN(CCO)C(=O)c1cc(Br)cnc1NCCC. The first kappa shape index (κ1) is 17.9. The standard InChI is InChI=1S/C15H24BrN3O2/c1-3-5-7-19(8-9-20)15(21)13-10-12(16)11-18-14(13)17-6-4-2/h10-11,20H,3-9H2,1-2H3,(H,17,18). The summed E-state index contributed by atoms with van der Waals surface area (Å²) in [5, 5.41) is 12.3. The molecule has 0 spiro atoms. The van der Waals surface area contributed by atoms with Crippen LogP contribution in [0.25, 0.3) is 0 Å². The van der Waals surface area contributed by atoms with Crippen molar-refractivity contribution in [2.24, 2.45) is 0 Å². The van der Waals surface area contributed by atoms with Crippen molar-refractivity contribution in [3.05, 3.63) is 22.3 Å². The Morgan fingerprint density at radius 2 is 2.14 bits per heavy atom. The molecule has 1 aromatic heterocycles. The Morgan fingerprint density at radius 1 is 1.38 bits per heavy atom. The molecule has 0 atom stereocenters. The number of aliphatic hydroxyl groups excluding tert-OH is 1. The monoisotopic (exact) mass is 357 g/mol. The van der Waals surface area contributed by atoms with E-state index in [0.29, 0.717) is 24.5 Å². The molecule has 0 aliphatic rings. The molecule has 1 aromatic rings. The molecule has 21 heavy (non-hydrogen) atoms. The number of hydrogen-bond acceptors (Lipinski definition) is 4. The van der Waals surface area contributed by atoms with Gasteiger partial charge in [0.25, 0.3) is 5.91 Å². The van der Waals surface area contributed by atoms with E-state index in [0.717, 1.165) is 30.3 Å². The van der Waals surface area contributed by atoms with Gasteiger partial charge in [0, 0.05) is 30.3 Å². The van der Waals surface area contributed by atoms with Gasteiger partial charge in [-0.3, -0.25) is 4.79 Å². The van der Waals surface area contributed by atoms with Gasteiger partial charge < -0.3 is 15.3 Å². The van der Waals surface area contributed by atoms with E-state index in [1.54, 1.807) is 17.2 Å². The van der Waals surface area contributed by atoms with Crippen LogP contribution < -0.4 is 5.32 Å². The van der Waals surface area contributed by atoms with E-state index in [-0.39, 0.29) is 12.5 Å². The second kappa shape index (κ2) is 9.73. The predicted molar refractivity (Wildman–Crippen MR) is 88.6 cm³/mol. The molecule has 0 saturated heterocycles. The first-order chi connectivity index (χ1) is 10.1. The van der Waals surface area contributed by atoms with E-state index in [1.165, 1.54) is 0 Å². The maximum atomic E-state index is 12.7. The highest BCUT2D eigenvalue weighted by Crippen LogP contribution is 2.20. The molecule has 0 aromatic carbocycles. The van der Waals surface area contributed by atoms with Crippen LogP contribution in [0.1, 0.15) is 43.5 Å². The average Bonchev–Trinajstić information content (AvgIpc) is 2.49. The van der Waals surface area contributed by atoms with Gasteiger partial charge >= 0.3 is 0 Å². The molecule has 0 unspecified atom stereocenters. The molecule has 6 heteroatoms. The number of nitrogens with zero attached hydrogens (tertiary/aromatic N) is 2. The van der Waals surface area contributed by atoms with Gasteiger partial charge in [-0.25, -0.2) is 4.98 Å². The van der Waals surface area contributed by atoms with E-state index in [4.69, 9.17) is 5.11 Å². The minimum atomic E-state index is -0.0927. The highest BCUT2D eigenvalue weighted by molar-refractivity contribution is 9.10. The van der Waals surface area contributed by atoms with Crippen molar-refractivity contribution in [1.29, 1.82) is 0 Å². The van der Waals surface area contributed by atoms with Gasteiger partial charge in [0.1, 0.15) is 5.82 Å². The maximum Gasteiger partial charge on any atom is 0.257 e. The van der Waals surface area contributed by atoms with Gasteiger partial charge in [0.15, 0.2) is 0 Å². The van der Waals surface area contributed by atoms with Crippen molar-refractivity contribution in [1.82, 2.24) is 9.88 Å². The molecule has 1 rings (SSSR count). The molecule has 1 heterocycles. The molecule has 118 valence electrons. The molecule has 0 aliphatic heterocycles. The van der Waals surface area contributed by atoms with Crippen LogP contribution in [-0.2, 0) is 0 Å². The van der Waals surface area contributed by atoms with Crippen LogP contribution >= 0.6 is 15.9 Å². The summed E-state index contributed by atoms with van der Waals surface area (Å²) in [6.07, 6.45) is 4.57. The fourth-order valence-corrected chi connectivity index (χ4v) is 2.27. The van der Waals surface area contributed by atoms with Crippen LogP contribution in [0.2, 0.25) is 0 Å². The summed E-state index contributed by atoms with van der Waals surface area (Å²) < 4.78 is 0.771. The number of nitrogens with one attached hydrogen (secondary N) is 1. The quantitative estimate of drug-likeness (QED) is 0.713. The number of anilines is 1. The summed E-state index contributed by atoms with van der Waals surface area (Å²) >= 11 is 3.36. The first-order valence-corrected chi connectivity index (χ1v) is 8.22. The normalized spacial score (nSPS) is 10.5. The van der Waals surface area contributed by atoms with Gasteiger partial charge in [0.2, 0.25) is 0 Å². The van der Waals surface area contributed by atoms with Crippen molar-refractivity contribution in [2.45, 2.75) is 33.1 Å². The lowest BCUT2D eigenvalue weighted by Gasteiger charge is -2.23. The van der Waals surface area contributed by atoms with E-state index in [1.807, 2.05) is 0 Å². The molecule has 0 saturated carbocycles. The van der Waals surface area contributed by atoms with Crippen molar-refractivity contribution in [2.75, 3.05) is 31.6 Å². The molecule has 0 aliphatic carbocycles. The summed E-state index contributed by atoms with van der Waals surface area (Å²) in [5.41, 5.74) is 0.544. The predicted octanol–water partition coefficient (Wildman–Crippen LogP) is 2.90. The second-order valence-electron chi connectivity index (χ2n) is 4.85. The number of carbonyl (C=O) groups is 1. The summed E-state index contributed by atoms with van der Waals surface area (Å²) in [6.45, 7) is 5.87. The molecule has 2 N–H and O–H groups in total. The largest absolute Gasteiger partial charge is 0.395 e. The topological polar surface area (TPSA) is 65.5 Å². The zero-order valence-electron chi connectivity index (χ0n) is 12.7. The molecule has 5 nitrogen and oxygen atoms in total. The third-order valence-corrected chi connectivity index (χ3v) is 3.50. The number of rotatable bonds is 9. The van der Waals surface area contributed by atoms with Gasteiger partial charge in [-0.05, 0) is 34.8 Å². The van der Waals surface area contributed by atoms with Gasteiger partial charge in [-0.1, -0.05) is 20.3 Å². The first-order valence-electron chi connectivity index (χ1n) is 7.43.